The molecule has 2 aromatic heterocycles. The Morgan fingerprint density at radius 1 is 0.885 bits per heavy atom. The molecule has 0 atom stereocenters. The molecule has 0 N–H and O–H groups in total. The number of aromatic nitrogens is 3. The van der Waals surface area contributed by atoms with Crippen molar-refractivity contribution in [3.8, 4) is 11.4 Å². The van der Waals surface area contributed by atoms with E-state index in [-0.39, 0.29) is 0 Å². The molecule has 6 heteroatoms. The quantitative estimate of drug-likeness (QED) is 0.258. The fourth-order valence-electron chi connectivity index (χ4n) is 3.22. The molecule has 126 valence electrons. The molecule has 3 aromatic carbocycles. The predicted molar refractivity (Wildman–Crippen MR) is 114 cm³/mol. The number of nitrogens with zero attached hydrogens (tertiary/aromatic N) is 3. The highest BCUT2D eigenvalue weighted by atomic mass is 79.9. The second kappa shape index (κ2) is 6.05. The van der Waals surface area contributed by atoms with E-state index in [2.05, 4.69) is 48.4 Å². The lowest BCUT2D eigenvalue weighted by Gasteiger charge is -2.10. The first-order chi connectivity index (χ1) is 12.6. The van der Waals surface area contributed by atoms with Crippen LogP contribution in [0.5, 0.6) is 0 Å². The molecule has 0 fully saturated rings. The lowest BCUT2D eigenvalue weighted by atomic mass is 10.2. The van der Waals surface area contributed by atoms with Gasteiger partial charge < -0.3 is 0 Å². The largest absolute Gasteiger partial charge is 0.276 e. The minimum atomic E-state index is 0.700. The number of hydrogen-bond acceptors (Lipinski definition) is 2. The van der Waals surface area contributed by atoms with Gasteiger partial charge >= 0.3 is 0 Å². The van der Waals surface area contributed by atoms with E-state index in [1.807, 2.05) is 48.5 Å². The van der Waals surface area contributed by atoms with E-state index in [4.69, 9.17) is 21.6 Å². The van der Waals surface area contributed by atoms with Crippen LogP contribution < -0.4 is 0 Å². The molecule has 3 nitrogen and oxygen atoms in total. The summed E-state index contributed by atoms with van der Waals surface area (Å²) in [7, 11) is 0. The Balaban J connectivity index is 2.03. The molecule has 0 aliphatic carbocycles. The molecule has 2 heterocycles. The average molecular weight is 488 g/mol. The maximum atomic E-state index is 6.08. The number of halogens is 3. The highest BCUT2D eigenvalue weighted by Gasteiger charge is 2.17. The van der Waals surface area contributed by atoms with Gasteiger partial charge in [-0.15, -0.1) is 0 Å². The van der Waals surface area contributed by atoms with E-state index in [0.717, 1.165) is 47.9 Å². The molecule has 5 aromatic rings. The van der Waals surface area contributed by atoms with Gasteiger partial charge in [-0.1, -0.05) is 39.7 Å². The van der Waals surface area contributed by atoms with Crippen LogP contribution in [-0.2, 0) is 0 Å². The van der Waals surface area contributed by atoms with Gasteiger partial charge in [-0.3, -0.25) is 4.40 Å². The second-order valence-corrected chi connectivity index (χ2v) is 8.19. The van der Waals surface area contributed by atoms with E-state index < -0.39 is 0 Å². The van der Waals surface area contributed by atoms with E-state index in [9.17, 15) is 0 Å². The van der Waals surface area contributed by atoms with E-state index in [1.54, 1.807) is 0 Å². The fraction of sp³-hybridized carbons (Fsp3) is 0. The second-order valence-electron chi connectivity index (χ2n) is 5.99. The van der Waals surface area contributed by atoms with Crippen LogP contribution in [0.3, 0.4) is 0 Å². The summed E-state index contributed by atoms with van der Waals surface area (Å²) in [6.07, 6.45) is 0. The maximum absolute atomic E-state index is 6.08. The van der Waals surface area contributed by atoms with Gasteiger partial charge in [0.1, 0.15) is 11.5 Å². The molecule has 0 unspecified atom stereocenters. The van der Waals surface area contributed by atoms with Crippen molar-refractivity contribution in [2.45, 2.75) is 0 Å². The summed E-state index contributed by atoms with van der Waals surface area (Å²) >= 11 is 13.3. The first kappa shape index (κ1) is 16.2. The first-order valence-electron chi connectivity index (χ1n) is 7.94. The molecule has 0 saturated carbocycles. The van der Waals surface area contributed by atoms with Crippen LogP contribution in [0.4, 0.5) is 0 Å². The van der Waals surface area contributed by atoms with E-state index in [0.29, 0.717) is 5.02 Å². The van der Waals surface area contributed by atoms with Gasteiger partial charge in [0.2, 0.25) is 0 Å². The van der Waals surface area contributed by atoms with Gasteiger partial charge in [0.05, 0.1) is 16.6 Å². The third kappa shape index (κ3) is 2.46. The molecule has 5 rings (SSSR count). The smallest absolute Gasteiger partial charge is 0.149 e. The SMILES string of the molecule is Clc1ccc(-c2nc3c(Br)cc(Br)cc3c3nc4ccccc4n23)cc1. The van der Waals surface area contributed by atoms with Crippen molar-refractivity contribution in [2.75, 3.05) is 0 Å². The van der Waals surface area contributed by atoms with Crippen LogP contribution >= 0.6 is 43.5 Å². The fourth-order valence-corrected chi connectivity index (χ4v) is 4.66. The Kier molecular flexibility index (Phi) is 3.78. The number of fused-ring (bicyclic) bond motifs is 5. The van der Waals surface area contributed by atoms with Gasteiger partial charge in [0.25, 0.3) is 0 Å². The molecular formula is C20H10Br2ClN3. The summed E-state index contributed by atoms with van der Waals surface area (Å²) in [4.78, 5) is 9.86. The van der Waals surface area contributed by atoms with Gasteiger partial charge in [-0.2, -0.15) is 0 Å². The van der Waals surface area contributed by atoms with Gasteiger partial charge in [0.15, 0.2) is 0 Å². The predicted octanol–water partition coefficient (Wildman–Crippen LogP) is 6.88. The first-order valence-corrected chi connectivity index (χ1v) is 9.90. The molecular weight excluding hydrogens is 478 g/mol. The van der Waals surface area contributed by atoms with Crippen molar-refractivity contribution >= 4 is 71.0 Å². The highest BCUT2D eigenvalue weighted by Crippen LogP contribution is 2.34. The Hall–Kier alpha value is -1.95. The zero-order valence-corrected chi connectivity index (χ0v) is 17.2. The third-order valence-corrected chi connectivity index (χ3v) is 5.68. The maximum Gasteiger partial charge on any atom is 0.149 e. The number of imidazole rings is 1. The van der Waals surface area contributed by atoms with Crippen molar-refractivity contribution in [3.05, 3.63) is 74.6 Å². The van der Waals surface area contributed by atoms with Crippen molar-refractivity contribution < 1.29 is 0 Å². The lowest BCUT2D eigenvalue weighted by molar-refractivity contribution is 1.16. The van der Waals surface area contributed by atoms with Crippen LogP contribution in [0.25, 0.3) is 39.0 Å². The summed E-state index contributed by atoms with van der Waals surface area (Å²) in [5.41, 5.74) is 4.70. The average Bonchev–Trinajstić information content (AvgIpc) is 3.02. The highest BCUT2D eigenvalue weighted by molar-refractivity contribution is 9.11. The molecule has 0 aliphatic rings. The standard InChI is InChI=1S/C20H10Br2ClN3/c21-12-9-14-18(15(22)10-12)25-19(11-5-7-13(23)8-6-11)26-17-4-2-1-3-16(17)24-20(14)26/h1-10H. The van der Waals surface area contributed by atoms with Gasteiger partial charge in [-0.05, 0) is 64.5 Å². The molecule has 0 amide bonds. The summed E-state index contributed by atoms with van der Waals surface area (Å²) in [6.45, 7) is 0. The van der Waals surface area contributed by atoms with Gasteiger partial charge in [0, 0.05) is 24.9 Å². The third-order valence-electron chi connectivity index (χ3n) is 4.36. The minimum absolute atomic E-state index is 0.700. The monoisotopic (exact) mass is 485 g/mol. The van der Waals surface area contributed by atoms with Crippen LogP contribution in [0.1, 0.15) is 0 Å². The van der Waals surface area contributed by atoms with Crippen molar-refractivity contribution in [2.24, 2.45) is 0 Å². The summed E-state index contributed by atoms with van der Waals surface area (Å²) < 4.78 is 4.01. The normalized spacial score (nSPS) is 11.7. The van der Waals surface area contributed by atoms with Crippen molar-refractivity contribution in [1.82, 2.24) is 14.4 Å². The van der Waals surface area contributed by atoms with Crippen LogP contribution in [0.15, 0.2) is 69.6 Å². The molecule has 0 spiro atoms. The number of hydrogen-bond donors (Lipinski definition) is 0. The summed E-state index contributed by atoms with van der Waals surface area (Å²) in [6, 6.07) is 19.9. The topological polar surface area (TPSA) is 30.2 Å². The molecule has 0 radical (unpaired) electrons. The summed E-state index contributed by atoms with van der Waals surface area (Å²) in [5.74, 6) is 0.834. The van der Waals surface area contributed by atoms with Gasteiger partial charge in [-0.25, -0.2) is 9.97 Å². The number of rotatable bonds is 1. The zero-order valence-electron chi connectivity index (χ0n) is 13.2. The van der Waals surface area contributed by atoms with Crippen LogP contribution in [0.2, 0.25) is 5.02 Å². The number of para-hydroxylation sites is 2. The Morgan fingerprint density at radius 3 is 2.46 bits per heavy atom. The van der Waals surface area contributed by atoms with Crippen LogP contribution in [-0.4, -0.2) is 14.4 Å². The Morgan fingerprint density at radius 2 is 1.65 bits per heavy atom. The van der Waals surface area contributed by atoms with E-state index >= 15 is 0 Å². The van der Waals surface area contributed by atoms with Crippen LogP contribution in [0, 0.1) is 0 Å². The zero-order chi connectivity index (χ0) is 17.8. The number of benzene rings is 3. The Bertz CT molecular complexity index is 1310. The molecule has 0 bridgehead atoms. The molecule has 0 saturated heterocycles. The van der Waals surface area contributed by atoms with E-state index in [1.165, 1.54) is 0 Å². The van der Waals surface area contributed by atoms with Crippen molar-refractivity contribution in [1.29, 1.82) is 0 Å². The lowest BCUT2D eigenvalue weighted by Crippen LogP contribution is -1.98. The minimum Gasteiger partial charge on any atom is -0.276 e. The molecule has 0 aliphatic heterocycles. The molecule has 26 heavy (non-hydrogen) atoms. The summed E-state index contributed by atoms with van der Waals surface area (Å²) in [5, 5.41) is 1.69. The Labute approximate surface area is 170 Å². The van der Waals surface area contributed by atoms with Crippen molar-refractivity contribution in [3.63, 3.8) is 0 Å².